The molecule has 0 bridgehead atoms. The van der Waals surface area contributed by atoms with E-state index in [0.717, 1.165) is 16.9 Å². The average Bonchev–Trinajstić information content (AvgIpc) is 3.14. The molecule has 0 amide bonds. The maximum absolute atomic E-state index is 12.8. The highest BCUT2D eigenvalue weighted by Crippen LogP contribution is 2.32. The Morgan fingerprint density at radius 2 is 2.08 bits per heavy atom. The number of anilines is 1. The van der Waals surface area contributed by atoms with Crippen LogP contribution in [0, 0.1) is 6.92 Å². The number of aromatic amines is 1. The molecule has 1 aromatic heterocycles. The van der Waals surface area contributed by atoms with E-state index in [2.05, 4.69) is 20.1 Å². The lowest BCUT2D eigenvalue weighted by atomic mass is 10.1. The van der Waals surface area contributed by atoms with E-state index in [1.807, 2.05) is 13.8 Å². The van der Waals surface area contributed by atoms with Gasteiger partial charge in [-0.15, -0.1) is 0 Å². The Hall–Kier alpha value is -2.61. The molecular formula is C16H16N4O3S. The van der Waals surface area contributed by atoms with Crippen LogP contribution in [0.25, 0.3) is 11.0 Å². The first-order valence-corrected chi connectivity index (χ1v) is 9.05. The number of rotatable bonds is 3. The second kappa shape index (κ2) is 5.20. The predicted octanol–water partition coefficient (Wildman–Crippen LogP) is 2.39. The van der Waals surface area contributed by atoms with Crippen LogP contribution < -0.4 is 9.46 Å². The molecule has 0 aliphatic carbocycles. The lowest BCUT2D eigenvalue weighted by Crippen LogP contribution is -2.14. The molecule has 24 heavy (non-hydrogen) atoms. The first-order chi connectivity index (χ1) is 11.4. The molecule has 3 aromatic rings. The van der Waals surface area contributed by atoms with Crippen molar-refractivity contribution >= 4 is 26.7 Å². The van der Waals surface area contributed by atoms with Gasteiger partial charge in [0, 0.05) is 6.42 Å². The van der Waals surface area contributed by atoms with Crippen molar-refractivity contribution in [3.8, 4) is 5.75 Å². The smallest absolute Gasteiger partial charge is 0.261 e. The van der Waals surface area contributed by atoms with Crippen molar-refractivity contribution in [1.29, 1.82) is 0 Å². The van der Waals surface area contributed by atoms with E-state index >= 15 is 0 Å². The Bertz CT molecular complexity index is 1040. The van der Waals surface area contributed by atoms with E-state index in [0.29, 0.717) is 23.1 Å². The topological polar surface area (TPSA) is 97.0 Å². The normalized spacial score (nSPS) is 16.8. The van der Waals surface area contributed by atoms with Crippen LogP contribution in [0.3, 0.4) is 0 Å². The van der Waals surface area contributed by atoms with Gasteiger partial charge >= 0.3 is 0 Å². The fraction of sp³-hybridized carbons (Fsp3) is 0.250. The third-order valence-corrected chi connectivity index (χ3v) is 5.46. The van der Waals surface area contributed by atoms with Gasteiger partial charge in [-0.2, -0.15) is 15.4 Å². The molecule has 0 radical (unpaired) electrons. The van der Waals surface area contributed by atoms with Gasteiger partial charge in [0.2, 0.25) is 0 Å². The number of nitrogens with one attached hydrogen (secondary N) is 2. The molecule has 0 saturated heterocycles. The molecule has 0 spiro atoms. The van der Waals surface area contributed by atoms with Gasteiger partial charge in [-0.3, -0.25) is 4.72 Å². The zero-order valence-corrected chi connectivity index (χ0v) is 14.0. The van der Waals surface area contributed by atoms with Crippen LogP contribution in [0.2, 0.25) is 0 Å². The Labute approximate surface area is 139 Å². The summed E-state index contributed by atoms with van der Waals surface area (Å²) in [6, 6.07) is 8.52. The van der Waals surface area contributed by atoms with E-state index in [-0.39, 0.29) is 11.0 Å². The second-order valence-corrected chi connectivity index (χ2v) is 7.64. The van der Waals surface area contributed by atoms with E-state index in [4.69, 9.17) is 4.74 Å². The van der Waals surface area contributed by atoms with Crippen LogP contribution in [0.4, 0.5) is 5.69 Å². The monoisotopic (exact) mass is 344 g/mol. The first kappa shape index (κ1) is 14.9. The van der Waals surface area contributed by atoms with Crippen LogP contribution in [-0.4, -0.2) is 29.9 Å². The third kappa shape index (κ3) is 2.39. The van der Waals surface area contributed by atoms with E-state index in [1.165, 1.54) is 0 Å². The molecule has 2 aromatic carbocycles. The largest absolute Gasteiger partial charge is 0.490 e. The zero-order valence-electron chi connectivity index (χ0n) is 13.2. The molecule has 1 aliphatic rings. The predicted molar refractivity (Wildman–Crippen MR) is 89.7 cm³/mol. The minimum atomic E-state index is -3.73. The molecule has 2 heterocycles. The highest BCUT2D eigenvalue weighted by atomic mass is 32.2. The van der Waals surface area contributed by atoms with Crippen molar-refractivity contribution in [2.45, 2.75) is 31.3 Å². The average molecular weight is 344 g/mol. The van der Waals surface area contributed by atoms with Crippen molar-refractivity contribution < 1.29 is 13.2 Å². The SMILES string of the molecule is Cc1ccc2n[nH]nc2c1NS(=O)(=O)c1ccc2c(c1)CC(C)O2. The molecule has 7 nitrogen and oxygen atoms in total. The summed E-state index contributed by atoms with van der Waals surface area (Å²) in [6.07, 6.45) is 0.772. The first-order valence-electron chi connectivity index (χ1n) is 7.56. The van der Waals surface area contributed by atoms with Crippen molar-refractivity contribution in [1.82, 2.24) is 15.4 Å². The molecular weight excluding hydrogens is 328 g/mol. The molecule has 1 atom stereocenters. The Kier molecular flexibility index (Phi) is 3.24. The number of fused-ring (bicyclic) bond motifs is 2. The maximum atomic E-state index is 12.8. The molecule has 124 valence electrons. The Morgan fingerprint density at radius 1 is 1.25 bits per heavy atom. The lowest BCUT2D eigenvalue weighted by Gasteiger charge is -2.11. The number of hydrogen-bond acceptors (Lipinski definition) is 5. The lowest BCUT2D eigenvalue weighted by molar-refractivity contribution is 0.254. The minimum absolute atomic E-state index is 0.0667. The zero-order chi connectivity index (χ0) is 16.9. The molecule has 2 N–H and O–H groups in total. The van der Waals surface area contributed by atoms with Crippen LogP contribution in [0.5, 0.6) is 5.75 Å². The fourth-order valence-electron chi connectivity index (χ4n) is 2.90. The van der Waals surface area contributed by atoms with Crippen LogP contribution in [0.15, 0.2) is 35.2 Å². The highest BCUT2D eigenvalue weighted by molar-refractivity contribution is 7.92. The summed E-state index contributed by atoms with van der Waals surface area (Å²) in [7, 11) is -3.73. The van der Waals surface area contributed by atoms with E-state index in [1.54, 1.807) is 30.3 Å². The molecule has 0 fully saturated rings. The Balaban J connectivity index is 1.75. The summed E-state index contributed by atoms with van der Waals surface area (Å²) in [5, 5.41) is 10.6. The van der Waals surface area contributed by atoms with E-state index in [9.17, 15) is 8.42 Å². The number of nitrogens with zero attached hydrogens (tertiary/aromatic N) is 2. The minimum Gasteiger partial charge on any atom is -0.490 e. The van der Waals surface area contributed by atoms with Crippen molar-refractivity contribution in [3.05, 3.63) is 41.5 Å². The number of aromatic nitrogens is 3. The second-order valence-electron chi connectivity index (χ2n) is 5.96. The number of ether oxygens (including phenoxy) is 1. The standard InChI is InChI=1S/C16H16N4O3S/c1-9-3-5-13-16(18-20-17-13)15(9)19-24(21,22)12-4-6-14-11(8-12)7-10(2)23-14/h3-6,8,10,19H,7H2,1-2H3,(H,17,18,20). The van der Waals surface area contributed by atoms with Gasteiger partial charge in [0.1, 0.15) is 22.9 Å². The number of H-pyrrole nitrogens is 1. The number of aryl methyl sites for hydroxylation is 1. The maximum Gasteiger partial charge on any atom is 0.261 e. The molecule has 8 heteroatoms. The summed E-state index contributed by atoms with van der Waals surface area (Å²) in [4.78, 5) is 0.207. The summed E-state index contributed by atoms with van der Waals surface area (Å²) >= 11 is 0. The van der Waals surface area contributed by atoms with Gasteiger partial charge in [-0.05, 0) is 49.2 Å². The van der Waals surface area contributed by atoms with Gasteiger partial charge in [0.15, 0.2) is 0 Å². The van der Waals surface area contributed by atoms with E-state index < -0.39 is 10.0 Å². The molecule has 4 rings (SSSR count). The Morgan fingerprint density at radius 3 is 2.92 bits per heavy atom. The van der Waals surface area contributed by atoms with Gasteiger partial charge in [0.25, 0.3) is 10.0 Å². The quantitative estimate of drug-likeness (QED) is 0.760. The van der Waals surface area contributed by atoms with Crippen molar-refractivity contribution in [2.24, 2.45) is 0 Å². The van der Waals surface area contributed by atoms with Crippen LogP contribution in [-0.2, 0) is 16.4 Å². The van der Waals surface area contributed by atoms with Gasteiger partial charge in [-0.1, -0.05) is 6.07 Å². The molecule has 1 aliphatic heterocycles. The van der Waals surface area contributed by atoms with Crippen LogP contribution >= 0.6 is 0 Å². The van der Waals surface area contributed by atoms with Gasteiger partial charge in [-0.25, -0.2) is 8.42 Å². The fourth-order valence-corrected chi connectivity index (χ4v) is 4.09. The number of benzene rings is 2. The number of sulfonamides is 1. The van der Waals surface area contributed by atoms with Crippen LogP contribution in [0.1, 0.15) is 18.1 Å². The van der Waals surface area contributed by atoms with Crippen molar-refractivity contribution in [2.75, 3.05) is 4.72 Å². The summed E-state index contributed by atoms with van der Waals surface area (Å²) < 4.78 is 33.8. The summed E-state index contributed by atoms with van der Waals surface area (Å²) in [6.45, 7) is 3.78. The van der Waals surface area contributed by atoms with Crippen molar-refractivity contribution in [3.63, 3.8) is 0 Å². The highest BCUT2D eigenvalue weighted by Gasteiger charge is 2.24. The third-order valence-electron chi connectivity index (χ3n) is 4.11. The van der Waals surface area contributed by atoms with Gasteiger partial charge < -0.3 is 4.74 Å². The van der Waals surface area contributed by atoms with Gasteiger partial charge in [0.05, 0.1) is 10.6 Å². The summed E-state index contributed by atoms with van der Waals surface area (Å²) in [5.41, 5.74) is 3.22. The number of hydrogen-bond donors (Lipinski definition) is 2. The molecule has 0 saturated carbocycles. The molecule has 1 unspecified atom stereocenters. The summed E-state index contributed by atoms with van der Waals surface area (Å²) in [5.74, 6) is 0.747.